The van der Waals surface area contributed by atoms with Crippen LogP contribution in [0.2, 0.25) is 0 Å². The van der Waals surface area contributed by atoms with Crippen molar-refractivity contribution in [1.82, 2.24) is 0 Å². The molecule has 2 heteroatoms. The Labute approximate surface area is 50.8 Å². The molecule has 0 aromatic rings. The van der Waals surface area contributed by atoms with E-state index >= 15 is 0 Å². The van der Waals surface area contributed by atoms with E-state index in [2.05, 4.69) is 13.8 Å². The van der Waals surface area contributed by atoms with Gasteiger partial charge in [-0.15, -0.1) is 0 Å². The molecule has 2 unspecified atom stereocenters. The summed E-state index contributed by atoms with van der Waals surface area (Å²) in [4.78, 5) is 0. The van der Waals surface area contributed by atoms with Gasteiger partial charge in [0.05, 0.1) is 7.14 Å². The van der Waals surface area contributed by atoms with Crippen LogP contribution in [0.25, 0.3) is 0 Å². The molecule has 0 saturated carbocycles. The molecule has 1 aliphatic rings. The Morgan fingerprint density at radius 1 is 1.38 bits per heavy atom. The van der Waals surface area contributed by atoms with Gasteiger partial charge in [0, 0.05) is 11.3 Å². The molecule has 8 heavy (non-hydrogen) atoms. The first-order valence-corrected chi connectivity index (χ1v) is 5.41. The van der Waals surface area contributed by atoms with Crippen molar-refractivity contribution in [3.05, 3.63) is 0 Å². The van der Waals surface area contributed by atoms with Crippen LogP contribution in [0.5, 0.6) is 0 Å². The van der Waals surface area contributed by atoms with E-state index in [1.54, 1.807) is 0 Å². The molecule has 0 aliphatic carbocycles. The summed E-state index contributed by atoms with van der Waals surface area (Å²) in [5, 5.41) is 0. The summed E-state index contributed by atoms with van der Waals surface area (Å²) in [5.41, 5.74) is 1.02. The Balaban J connectivity index is 2.67. The zero-order chi connectivity index (χ0) is 6.36. The summed E-state index contributed by atoms with van der Waals surface area (Å²) in [6, 6.07) is 0. The van der Waals surface area contributed by atoms with Crippen LogP contribution in [0.1, 0.15) is 20.3 Å². The van der Waals surface area contributed by atoms with Gasteiger partial charge < -0.3 is 4.57 Å². The molecule has 2 atom stereocenters. The van der Waals surface area contributed by atoms with E-state index in [4.69, 9.17) is 0 Å². The lowest BCUT2D eigenvalue weighted by Crippen LogP contribution is -2.27. The highest BCUT2D eigenvalue weighted by Crippen LogP contribution is 2.63. The van der Waals surface area contributed by atoms with Crippen LogP contribution in [-0.4, -0.2) is 18.0 Å². The van der Waals surface area contributed by atoms with Crippen molar-refractivity contribution in [3.63, 3.8) is 0 Å². The van der Waals surface area contributed by atoms with Gasteiger partial charge in [-0.1, -0.05) is 13.8 Å². The van der Waals surface area contributed by atoms with Gasteiger partial charge in [0.25, 0.3) is 0 Å². The Kier molecular flexibility index (Phi) is 1.27. The molecule has 1 fully saturated rings. The Morgan fingerprint density at radius 3 is 1.75 bits per heavy atom. The van der Waals surface area contributed by atoms with E-state index in [0.717, 1.165) is 0 Å². The maximum atomic E-state index is 11.3. The van der Waals surface area contributed by atoms with Gasteiger partial charge in [-0.05, 0) is 13.1 Å². The molecule has 0 bridgehead atoms. The normalized spacial score (nSPS) is 55.4. The Morgan fingerprint density at radius 2 is 1.75 bits per heavy atom. The molecule has 1 heterocycles. The third kappa shape index (κ3) is 0.647. The van der Waals surface area contributed by atoms with Crippen molar-refractivity contribution in [1.29, 1.82) is 0 Å². The van der Waals surface area contributed by atoms with Crippen LogP contribution in [0, 0.1) is 0 Å². The highest BCUT2D eigenvalue weighted by molar-refractivity contribution is 7.66. The average molecular weight is 132 g/mol. The third-order valence-electron chi connectivity index (χ3n) is 2.43. The van der Waals surface area contributed by atoms with Crippen molar-refractivity contribution >= 4 is 7.14 Å². The van der Waals surface area contributed by atoms with Crippen LogP contribution in [0.3, 0.4) is 0 Å². The second kappa shape index (κ2) is 1.60. The lowest BCUT2D eigenvalue weighted by Gasteiger charge is -2.38. The largest absolute Gasteiger partial charge is 0.323 e. The lowest BCUT2D eigenvalue weighted by molar-refractivity contribution is 0.524. The van der Waals surface area contributed by atoms with Crippen molar-refractivity contribution in [2.75, 3.05) is 6.66 Å². The second-order valence-corrected chi connectivity index (χ2v) is 6.87. The topological polar surface area (TPSA) is 17.1 Å². The van der Waals surface area contributed by atoms with Gasteiger partial charge in [0.2, 0.25) is 0 Å². The zero-order valence-corrected chi connectivity index (χ0v) is 6.61. The fraction of sp³-hybridized carbons (Fsp3) is 1.00. The SMILES string of the molecule is CC1CC(C)P1(C)=O. The van der Waals surface area contributed by atoms with Crippen molar-refractivity contribution in [3.8, 4) is 0 Å². The summed E-state index contributed by atoms with van der Waals surface area (Å²) < 4.78 is 11.3. The van der Waals surface area contributed by atoms with Crippen LogP contribution in [-0.2, 0) is 4.57 Å². The molecule has 0 spiro atoms. The van der Waals surface area contributed by atoms with E-state index < -0.39 is 7.14 Å². The lowest BCUT2D eigenvalue weighted by atomic mass is 10.2. The number of hydrogen-bond acceptors (Lipinski definition) is 1. The van der Waals surface area contributed by atoms with E-state index in [1.165, 1.54) is 6.42 Å². The summed E-state index contributed by atoms with van der Waals surface area (Å²) >= 11 is 0. The molecule has 0 amide bonds. The predicted octanol–water partition coefficient (Wildman–Crippen LogP) is 2.16. The fourth-order valence-corrected chi connectivity index (χ4v) is 3.15. The smallest absolute Gasteiger partial charge is 0.0901 e. The first-order valence-electron chi connectivity index (χ1n) is 3.12. The van der Waals surface area contributed by atoms with Crippen molar-refractivity contribution < 1.29 is 4.57 Å². The van der Waals surface area contributed by atoms with Crippen LogP contribution >= 0.6 is 7.14 Å². The molecular weight excluding hydrogens is 119 g/mol. The molecule has 1 saturated heterocycles. The number of rotatable bonds is 0. The molecule has 1 aliphatic heterocycles. The average Bonchev–Trinajstić information content (AvgIpc) is 1.68. The van der Waals surface area contributed by atoms with Gasteiger partial charge in [-0.3, -0.25) is 0 Å². The van der Waals surface area contributed by atoms with Crippen LogP contribution < -0.4 is 0 Å². The molecule has 0 aromatic carbocycles. The van der Waals surface area contributed by atoms with Crippen LogP contribution in [0.15, 0.2) is 0 Å². The summed E-state index contributed by atoms with van der Waals surface area (Å²) in [6.07, 6.45) is 1.17. The van der Waals surface area contributed by atoms with Gasteiger partial charge >= 0.3 is 0 Å². The summed E-state index contributed by atoms with van der Waals surface area (Å²) in [5.74, 6) is 0. The predicted molar refractivity (Wildman–Crippen MR) is 37.1 cm³/mol. The fourth-order valence-electron chi connectivity index (χ4n) is 1.21. The monoisotopic (exact) mass is 132 g/mol. The van der Waals surface area contributed by atoms with Gasteiger partial charge in [-0.25, -0.2) is 0 Å². The molecule has 1 nitrogen and oxygen atoms in total. The maximum Gasteiger partial charge on any atom is 0.0901 e. The maximum absolute atomic E-state index is 11.3. The van der Waals surface area contributed by atoms with E-state index in [9.17, 15) is 4.57 Å². The Bertz CT molecular complexity index is 129. The van der Waals surface area contributed by atoms with Crippen molar-refractivity contribution in [2.24, 2.45) is 0 Å². The zero-order valence-electron chi connectivity index (χ0n) is 5.72. The minimum absolute atomic E-state index is 0.512. The molecular formula is C6H13OP. The second-order valence-electron chi connectivity index (χ2n) is 2.99. The minimum atomic E-state index is -1.65. The highest BCUT2D eigenvalue weighted by Gasteiger charge is 2.41. The number of hydrogen-bond donors (Lipinski definition) is 0. The van der Waals surface area contributed by atoms with E-state index in [1.807, 2.05) is 6.66 Å². The first-order chi connectivity index (χ1) is 3.55. The van der Waals surface area contributed by atoms with Gasteiger partial charge in [0.15, 0.2) is 0 Å². The van der Waals surface area contributed by atoms with E-state index in [0.29, 0.717) is 11.3 Å². The minimum Gasteiger partial charge on any atom is -0.323 e. The van der Waals surface area contributed by atoms with Crippen LogP contribution in [0.4, 0.5) is 0 Å². The summed E-state index contributed by atoms with van der Waals surface area (Å²) in [7, 11) is -1.65. The first kappa shape index (κ1) is 6.35. The molecule has 0 N–H and O–H groups in total. The molecule has 1 rings (SSSR count). The summed E-state index contributed by atoms with van der Waals surface area (Å²) in [6.45, 7) is 6.09. The third-order valence-corrected chi connectivity index (χ3v) is 6.36. The molecule has 0 aromatic heterocycles. The Hall–Kier alpha value is 0.230. The molecule has 0 radical (unpaired) electrons. The van der Waals surface area contributed by atoms with Gasteiger partial charge in [0.1, 0.15) is 0 Å². The standard InChI is InChI=1S/C6H13OP/c1-5-4-6(2)8(5,3)7/h5-6H,4H2,1-3H3. The van der Waals surface area contributed by atoms with Gasteiger partial charge in [-0.2, -0.15) is 0 Å². The quantitative estimate of drug-likeness (QED) is 0.461. The van der Waals surface area contributed by atoms with E-state index in [-0.39, 0.29) is 0 Å². The van der Waals surface area contributed by atoms with Crippen molar-refractivity contribution in [2.45, 2.75) is 31.6 Å². The highest BCUT2D eigenvalue weighted by atomic mass is 31.2. The molecule has 48 valence electrons.